The first-order chi connectivity index (χ1) is 10.5. The lowest BCUT2D eigenvalue weighted by Crippen LogP contribution is -2.50. The molecule has 2 aromatic rings. The summed E-state index contributed by atoms with van der Waals surface area (Å²) >= 11 is 5.46. The molecule has 118 valence electrons. The van der Waals surface area contributed by atoms with Gasteiger partial charge in [-0.1, -0.05) is 31.4 Å². The molecule has 0 saturated heterocycles. The maximum absolute atomic E-state index is 12.8. The van der Waals surface area contributed by atoms with Crippen LogP contribution in [0.25, 0.3) is 10.9 Å². The summed E-state index contributed by atoms with van der Waals surface area (Å²) in [7, 11) is 4.23. The second-order valence-electron chi connectivity index (χ2n) is 6.55. The fourth-order valence-electron chi connectivity index (χ4n) is 3.59. The van der Waals surface area contributed by atoms with E-state index in [0.29, 0.717) is 16.7 Å². The highest BCUT2D eigenvalue weighted by atomic mass is 32.1. The number of H-pyrrole nitrogens is 1. The Hall–Kier alpha value is -1.46. The topological polar surface area (TPSA) is 41.0 Å². The highest BCUT2D eigenvalue weighted by molar-refractivity contribution is 7.71. The lowest BCUT2D eigenvalue weighted by atomic mass is 9.80. The van der Waals surface area contributed by atoms with E-state index >= 15 is 0 Å². The quantitative estimate of drug-likeness (QED) is 0.883. The van der Waals surface area contributed by atoms with Crippen LogP contribution < -0.4 is 5.56 Å². The lowest BCUT2D eigenvalue weighted by molar-refractivity contribution is 0.0791. The molecule has 3 rings (SSSR count). The maximum atomic E-state index is 12.8. The monoisotopic (exact) mass is 317 g/mol. The van der Waals surface area contributed by atoms with Crippen LogP contribution >= 0.6 is 12.2 Å². The van der Waals surface area contributed by atoms with Gasteiger partial charge in [-0.05, 0) is 51.3 Å². The molecule has 1 heterocycles. The summed E-state index contributed by atoms with van der Waals surface area (Å²) in [6, 6.07) is 7.58. The number of hydrogen-bond acceptors (Lipinski definition) is 3. The van der Waals surface area contributed by atoms with Crippen LogP contribution in [0.1, 0.15) is 32.1 Å². The highest BCUT2D eigenvalue weighted by Gasteiger charge is 2.35. The Labute approximate surface area is 135 Å². The van der Waals surface area contributed by atoms with Gasteiger partial charge in [0.2, 0.25) is 0 Å². The third-order valence-electron chi connectivity index (χ3n) is 5.07. The molecule has 1 saturated carbocycles. The molecule has 5 heteroatoms. The molecule has 4 nitrogen and oxygen atoms in total. The zero-order valence-electron chi connectivity index (χ0n) is 13.3. The number of nitrogens with zero attached hydrogens (tertiary/aromatic N) is 2. The van der Waals surface area contributed by atoms with Crippen molar-refractivity contribution in [3.63, 3.8) is 0 Å². The molecular formula is C17H23N3OS. The summed E-state index contributed by atoms with van der Waals surface area (Å²) in [5.41, 5.74) is 0.869. The van der Waals surface area contributed by atoms with Crippen LogP contribution in [0.15, 0.2) is 29.1 Å². The van der Waals surface area contributed by atoms with Gasteiger partial charge in [0, 0.05) is 12.1 Å². The van der Waals surface area contributed by atoms with Gasteiger partial charge in [0.15, 0.2) is 4.77 Å². The Bertz CT molecular complexity index is 784. The molecule has 1 aliphatic carbocycles. The van der Waals surface area contributed by atoms with E-state index < -0.39 is 0 Å². The highest BCUT2D eigenvalue weighted by Crippen LogP contribution is 2.33. The van der Waals surface area contributed by atoms with Crippen molar-refractivity contribution < 1.29 is 0 Å². The molecule has 0 atom stereocenters. The van der Waals surface area contributed by atoms with Crippen LogP contribution in [0, 0.1) is 4.77 Å². The smallest absolute Gasteiger partial charge is 0.262 e. The third-order valence-corrected chi connectivity index (χ3v) is 5.40. The first kappa shape index (κ1) is 15.4. The standard InChI is InChI=1S/C17H23N3OS/c1-19(2)17(10-6-3-7-11-17)12-20-15(21)13-8-4-5-9-14(13)18-16(20)22/h4-5,8-9H,3,6-7,10-12H2,1-2H3,(H,18,22). The van der Waals surface area contributed by atoms with Gasteiger partial charge in [-0.2, -0.15) is 0 Å². The lowest BCUT2D eigenvalue weighted by Gasteiger charge is -2.43. The van der Waals surface area contributed by atoms with E-state index in [4.69, 9.17) is 12.2 Å². The van der Waals surface area contributed by atoms with Crippen LogP contribution in [-0.4, -0.2) is 34.1 Å². The number of aromatic amines is 1. The zero-order valence-corrected chi connectivity index (χ0v) is 14.1. The van der Waals surface area contributed by atoms with Crippen molar-refractivity contribution in [2.45, 2.75) is 44.2 Å². The number of hydrogen-bond donors (Lipinski definition) is 1. The molecule has 0 radical (unpaired) electrons. The molecule has 1 aromatic carbocycles. The van der Waals surface area contributed by atoms with Crippen LogP contribution in [-0.2, 0) is 6.54 Å². The summed E-state index contributed by atoms with van der Waals surface area (Å²) < 4.78 is 2.28. The number of benzene rings is 1. The van der Waals surface area contributed by atoms with E-state index in [1.807, 2.05) is 24.3 Å². The number of para-hydroxylation sites is 1. The van der Waals surface area contributed by atoms with Gasteiger partial charge in [-0.15, -0.1) is 0 Å². The van der Waals surface area contributed by atoms with Crippen molar-refractivity contribution in [1.82, 2.24) is 14.5 Å². The van der Waals surface area contributed by atoms with E-state index in [1.165, 1.54) is 19.3 Å². The van der Waals surface area contributed by atoms with E-state index in [1.54, 1.807) is 4.57 Å². The SMILES string of the molecule is CN(C)C1(Cn2c(=S)[nH]c3ccccc3c2=O)CCCCC1. The second-order valence-corrected chi connectivity index (χ2v) is 6.93. The Kier molecular flexibility index (Phi) is 4.19. The molecule has 1 N–H and O–H groups in total. The minimum absolute atomic E-state index is 0.0196. The van der Waals surface area contributed by atoms with Crippen molar-refractivity contribution in [3.8, 4) is 0 Å². The number of nitrogens with one attached hydrogen (secondary N) is 1. The first-order valence-corrected chi connectivity index (χ1v) is 8.34. The molecule has 0 aliphatic heterocycles. The molecular weight excluding hydrogens is 294 g/mol. The van der Waals surface area contributed by atoms with Gasteiger partial charge in [0.1, 0.15) is 0 Å². The molecule has 0 amide bonds. The van der Waals surface area contributed by atoms with Gasteiger partial charge in [-0.3, -0.25) is 9.36 Å². The fourth-order valence-corrected chi connectivity index (χ4v) is 3.85. The van der Waals surface area contributed by atoms with E-state index in [9.17, 15) is 4.79 Å². The van der Waals surface area contributed by atoms with Crippen molar-refractivity contribution in [3.05, 3.63) is 39.4 Å². The van der Waals surface area contributed by atoms with Gasteiger partial charge >= 0.3 is 0 Å². The van der Waals surface area contributed by atoms with Crippen molar-refractivity contribution in [2.75, 3.05) is 14.1 Å². The van der Waals surface area contributed by atoms with Gasteiger partial charge < -0.3 is 9.88 Å². The Balaban J connectivity index is 2.10. The van der Waals surface area contributed by atoms with Gasteiger partial charge in [0.05, 0.1) is 10.9 Å². The van der Waals surface area contributed by atoms with Crippen LogP contribution in [0.4, 0.5) is 0 Å². The number of aromatic nitrogens is 2. The first-order valence-electron chi connectivity index (χ1n) is 7.93. The third kappa shape index (κ3) is 2.63. The van der Waals surface area contributed by atoms with Crippen LogP contribution in [0.5, 0.6) is 0 Å². The minimum atomic E-state index is 0.0196. The van der Waals surface area contributed by atoms with Crippen LogP contribution in [0.3, 0.4) is 0 Å². The van der Waals surface area contributed by atoms with Crippen LogP contribution in [0.2, 0.25) is 0 Å². The molecule has 1 fully saturated rings. The normalized spacial score (nSPS) is 18.0. The molecule has 0 spiro atoms. The second kappa shape index (κ2) is 5.97. The van der Waals surface area contributed by atoms with Crippen molar-refractivity contribution >= 4 is 23.1 Å². The summed E-state index contributed by atoms with van der Waals surface area (Å²) in [6.45, 7) is 0.666. The zero-order chi connectivity index (χ0) is 15.7. The van der Waals surface area contributed by atoms with Crippen molar-refractivity contribution in [1.29, 1.82) is 0 Å². The summed E-state index contributed by atoms with van der Waals surface area (Å²) in [6.07, 6.45) is 5.96. The Morgan fingerprint density at radius 1 is 1.23 bits per heavy atom. The summed E-state index contributed by atoms with van der Waals surface area (Å²) in [5.74, 6) is 0. The largest absolute Gasteiger partial charge is 0.332 e. The molecule has 0 unspecified atom stereocenters. The molecule has 1 aromatic heterocycles. The van der Waals surface area contributed by atoms with Gasteiger partial charge in [0.25, 0.3) is 5.56 Å². The van der Waals surface area contributed by atoms with E-state index in [-0.39, 0.29) is 11.1 Å². The van der Waals surface area contributed by atoms with E-state index in [2.05, 4.69) is 24.0 Å². The predicted molar refractivity (Wildman–Crippen MR) is 92.9 cm³/mol. The summed E-state index contributed by atoms with van der Waals surface area (Å²) in [4.78, 5) is 18.3. The number of rotatable bonds is 3. The average molecular weight is 317 g/mol. The Morgan fingerprint density at radius 2 is 1.91 bits per heavy atom. The van der Waals surface area contributed by atoms with Crippen molar-refractivity contribution in [2.24, 2.45) is 0 Å². The molecule has 0 bridgehead atoms. The molecule has 22 heavy (non-hydrogen) atoms. The maximum Gasteiger partial charge on any atom is 0.262 e. The fraction of sp³-hybridized carbons (Fsp3) is 0.529. The average Bonchev–Trinajstić information content (AvgIpc) is 2.52. The Morgan fingerprint density at radius 3 is 2.59 bits per heavy atom. The molecule has 1 aliphatic rings. The minimum Gasteiger partial charge on any atom is -0.332 e. The van der Waals surface area contributed by atoms with E-state index in [0.717, 1.165) is 18.4 Å². The summed E-state index contributed by atoms with van der Waals surface area (Å²) in [5, 5.41) is 0.709. The van der Waals surface area contributed by atoms with Gasteiger partial charge in [-0.25, -0.2) is 0 Å². The number of fused-ring (bicyclic) bond motifs is 1. The number of likely N-dealkylation sites (N-methyl/N-ethyl adjacent to an activating group) is 1. The predicted octanol–water partition coefficient (Wildman–Crippen LogP) is 3.32.